The van der Waals surface area contributed by atoms with Crippen molar-refractivity contribution in [3.8, 4) is 0 Å². The van der Waals surface area contributed by atoms with Gasteiger partial charge in [0.05, 0.1) is 0 Å². The molecule has 0 aromatic rings. The van der Waals surface area contributed by atoms with Gasteiger partial charge in [0.1, 0.15) is 0 Å². The zero-order chi connectivity index (χ0) is 9.40. The summed E-state index contributed by atoms with van der Waals surface area (Å²) in [6.07, 6.45) is 1.39. The van der Waals surface area contributed by atoms with Gasteiger partial charge in [0.15, 0.2) is 0 Å². The van der Waals surface area contributed by atoms with Crippen LogP contribution in [-0.2, 0) is 0 Å². The van der Waals surface area contributed by atoms with E-state index in [9.17, 15) is 0 Å². The van der Waals surface area contributed by atoms with Crippen LogP contribution in [0.3, 0.4) is 0 Å². The van der Waals surface area contributed by atoms with E-state index in [2.05, 4.69) is 10.6 Å². The van der Waals surface area contributed by atoms with E-state index in [1.165, 1.54) is 26.1 Å². The summed E-state index contributed by atoms with van der Waals surface area (Å²) in [5.74, 6) is 0.954. The summed E-state index contributed by atoms with van der Waals surface area (Å²) >= 11 is 0. The minimum Gasteiger partial charge on any atom is -0.315 e. The van der Waals surface area contributed by atoms with Crippen LogP contribution in [0.4, 0.5) is 0 Å². The molecule has 0 bridgehead atoms. The third-order valence-corrected chi connectivity index (χ3v) is 2.26. The van der Waals surface area contributed by atoms with Crippen LogP contribution in [0.25, 0.3) is 0 Å². The minimum absolute atomic E-state index is 0.815. The molecule has 2 heterocycles. The molecule has 2 unspecified atom stereocenters. The predicted molar refractivity (Wildman–Crippen MR) is 55.5 cm³/mol. The molecule has 2 aliphatic heterocycles. The van der Waals surface area contributed by atoms with E-state index in [0.717, 1.165) is 12.0 Å². The van der Waals surface area contributed by atoms with Crippen molar-refractivity contribution >= 4 is 0 Å². The first-order valence-electron chi connectivity index (χ1n) is 5.41. The largest absolute Gasteiger partial charge is 0.315 e. The van der Waals surface area contributed by atoms with Gasteiger partial charge in [0.25, 0.3) is 0 Å². The summed E-state index contributed by atoms with van der Waals surface area (Å²) in [6.45, 7) is 11.7. The normalized spacial score (nSPS) is 31.0. The van der Waals surface area contributed by atoms with E-state index in [1.54, 1.807) is 0 Å². The zero-order valence-corrected chi connectivity index (χ0v) is 8.98. The van der Waals surface area contributed by atoms with E-state index >= 15 is 0 Å². The number of hydrogen-bond acceptors (Lipinski definition) is 2. The summed E-state index contributed by atoms with van der Waals surface area (Å²) in [7, 11) is 0. The molecule has 2 heteroatoms. The molecule has 74 valence electrons. The third-order valence-electron chi connectivity index (χ3n) is 2.26. The van der Waals surface area contributed by atoms with Crippen molar-refractivity contribution in [2.75, 3.05) is 19.6 Å². The maximum Gasteiger partial charge on any atom is 0.0233 e. The molecule has 0 aromatic carbocycles. The van der Waals surface area contributed by atoms with Gasteiger partial charge in [-0.1, -0.05) is 27.7 Å². The molecular formula is C10H24N2. The monoisotopic (exact) mass is 172 g/mol. The van der Waals surface area contributed by atoms with Gasteiger partial charge < -0.3 is 10.6 Å². The van der Waals surface area contributed by atoms with Gasteiger partial charge in [-0.3, -0.25) is 0 Å². The molecule has 2 aliphatic rings. The molecule has 0 spiro atoms. The molecule has 2 N–H and O–H groups in total. The van der Waals surface area contributed by atoms with Crippen molar-refractivity contribution in [2.45, 2.75) is 40.2 Å². The predicted octanol–water partition coefficient (Wildman–Crippen LogP) is 1.62. The zero-order valence-electron chi connectivity index (χ0n) is 8.98. The van der Waals surface area contributed by atoms with Crippen molar-refractivity contribution in [3.05, 3.63) is 0 Å². The average molecular weight is 172 g/mol. The molecular weight excluding hydrogens is 148 g/mol. The third kappa shape index (κ3) is 3.11. The van der Waals surface area contributed by atoms with Crippen LogP contribution < -0.4 is 10.6 Å². The van der Waals surface area contributed by atoms with E-state index in [0.29, 0.717) is 0 Å². The van der Waals surface area contributed by atoms with E-state index in [4.69, 9.17) is 0 Å². The quantitative estimate of drug-likeness (QED) is 0.580. The standard InChI is InChI=1S/C6H12N2.2C2H6/c1-2-8-6-4-7-3-5(1)6;2*1-2/h5-8H,1-4H2;2*1-2H3. The Morgan fingerprint density at radius 2 is 1.67 bits per heavy atom. The maximum atomic E-state index is 3.46. The lowest BCUT2D eigenvalue weighted by atomic mass is 10.1. The van der Waals surface area contributed by atoms with Crippen molar-refractivity contribution in [1.82, 2.24) is 10.6 Å². The van der Waals surface area contributed by atoms with Gasteiger partial charge in [-0.15, -0.1) is 0 Å². The molecule has 12 heavy (non-hydrogen) atoms. The van der Waals surface area contributed by atoms with Crippen LogP contribution in [0.1, 0.15) is 34.1 Å². The van der Waals surface area contributed by atoms with Crippen LogP contribution in [0.2, 0.25) is 0 Å². The Hall–Kier alpha value is -0.0800. The fraction of sp³-hybridized carbons (Fsp3) is 1.00. The second-order valence-corrected chi connectivity index (χ2v) is 2.77. The van der Waals surface area contributed by atoms with Crippen LogP contribution in [0, 0.1) is 5.92 Å². The fourth-order valence-corrected chi connectivity index (χ4v) is 1.73. The van der Waals surface area contributed by atoms with Crippen molar-refractivity contribution in [2.24, 2.45) is 5.92 Å². The fourth-order valence-electron chi connectivity index (χ4n) is 1.73. The first-order valence-corrected chi connectivity index (χ1v) is 5.41. The number of hydrogen-bond donors (Lipinski definition) is 2. The van der Waals surface area contributed by atoms with Crippen LogP contribution in [-0.4, -0.2) is 25.7 Å². The van der Waals surface area contributed by atoms with E-state index in [1.807, 2.05) is 27.7 Å². The van der Waals surface area contributed by atoms with E-state index in [-0.39, 0.29) is 0 Å². The Morgan fingerprint density at radius 3 is 2.25 bits per heavy atom. The summed E-state index contributed by atoms with van der Waals surface area (Å²) in [6, 6.07) is 0.815. The second-order valence-electron chi connectivity index (χ2n) is 2.77. The summed E-state index contributed by atoms with van der Waals surface area (Å²) < 4.78 is 0. The Balaban J connectivity index is 0.000000269. The van der Waals surface area contributed by atoms with Crippen LogP contribution in [0.5, 0.6) is 0 Å². The Bertz CT molecular complexity index is 73.8. The highest BCUT2D eigenvalue weighted by molar-refractivity contribution is 4.91. The van der Waals surface area contributed by atoms with Gasteiger partial charge in [0, 0.05) is 12.6 Å². The highest BCUT2D eigenvalue weighted by atomic mass is 15.1. The minimum atomic E-state index is 0.815. The topological polar surface area (TPSA) is 24.1 Å². The molecule has 0 aliphatic carbocycles. The molecule has 2 rings (SSSR count). The Labute approximate surface area is 77.1 Å². The lowest BCUT2D eigenvalue weighted by Crippen LogP contribution is -2.27. The van der Waals surface area contributed by atoms with Gasteiger partial charge in [-0.2, -0.15) is 0 Å². The molecule has 0 aromatic heterocycles. The summed E-state index contributed by atoms with van der Waals surface area (Å²) in [5.41, 5.74) is 0. The Morgan fingerprint density at radius 1 is 1.00 bits per heavy atom. The van der Waals surface area contributed by atoms with Gasteiger partial charge in [-0.25, -0.2) is 0 Å². The highest BCUT2D eigenvalue weighted by Crippen LogP contribution is 2.17. The number of rotatable bonds is 0. The smallest absolute Gasteiger partial charge is 0.0233 e. The van der Waals surface area contributed by atoms with Gasteiger partial charge in [0.2, 0.25) is 0 Å². The highest BCUT2D eigenvalue weighted by Gasteiger charge is 2.30. The van der Waals surface area contributed by atoms with Crippen molar-refractivity contribution in [1.29, 1.82) is 0 Å². The molecule has 0 saturated carbocycles. The second kappa shape index (κ2) is 7.56. The first-order chi connectivity index (χ1) is 5.97. The van der Waals surface area contributed by atoms with Crippen LogP contribution in [0.15, 0.2) is 0 Å². The SMILES string of the molecule is C1CC2CNCC2N1.CC.CC. The number of fused-ring (bicyclic) bond motifs is 1. The molecule has 0 amide bonds. The summed E-state index contributed by atoms with van der Waals surface area (Å²) in [5, 5.41) is 6.82. The Kier molecular flexibility index (Phi) is 7.51. The number of nitrogens with one attached hydrogen (secondary N) is 2. The molecule has 0 radical (unpaired) electrons. The van der Waals surface area contributed by atoms with E-state index < -0.39 is 0 Å². The summed E-state index contributed by atoms with van der Waals surface area (Å²) in [4.78, 5) is 0. The molecule has 2 saturated heterocycles. The van der Waals surface area contributed by atoms with Gasteiger partial charge >= 0.3 is 0 Å². The lowest BCUT2D eigenvalue weighted by Gasteiger charge is -2.03. The van der Waals surface area contributed by atoms with Crippen molar-refractivity contribution < 1.29 is 0 Å². The first kappa shape index (κ1) is 11.9. The maximum absolute atomic E-state index is 3.46. The lowest BCUT2D eigenvalue weighted by molar-refractivity contribution is 0.555. The average Bonchev–Trinajstić information content (AvgIpc) is 2.72. The molecule has 2 nitrogen and oxygen atoms in total. The van der Waals surface area contributed by atoms with Crippen molar-refractivity contribution in [3.63, 3.8) is 0 Å². The molecule has 2 fully saturated rings. The van der Waals surface area contributed by atoms with Crippen LogP contribution >= 0.6 is 0 Å². The molecule has 2 atom stereocenters. The van der Waals surface area contributed by atoms with Gasteiger partial charge in [-0.05, 0) is 25.4 Å².